The van der Waals surface area contributed by atoms with E-state index in [0.29, 0.717) is 11.5 Å². The molecule has 0 aliphatic rings. The average Bonchev–Trinajstić information content (AvgIpc) is 2.69. The van der Waals surface area contributed by atoms with Crippen molar-refractivity contribution in [2.45, 2.75) is 18.4 Å². The second-order valence-corrected chi connectivity index (χ2v) is 8.50. The molecule has 0 aliphatic heterocycles. The third kappa shape index (κ3) is 4.52. The number of benzene rings is 3. The maximum atomic E-state index is 12.9. The van der Waals surface area contributed by atoms with E-state index < -0.39 is 10.0 Å². The van der Waals surface area contributed by atoms with Crippen LogP contribution in [0.3, 0.4) is 0 Å². The van der Waals surface area contributed by atoms with Crippen molar-refractivity contribution < 1.29 is 17.9 Å². The Labute approximate surface area is 166 Å². The van der Waals surface area contributed by atoms with Crippen LogP contribution in [-0.2, 0) is 16.6 Å². The molecule has 0 spiro atoms. The molecule has 0 heterocycles. The lowest BCUT2D eigenvalue weighted by Crippen LogP contribution is -2.26. The summed E-state index contributed by atoms with van der Waals surface area (Å²) >= 11 is 0. The molecule has 0 N–H and O–H groups in total. The van der Waals surface area contributed by atoms with Gasteiger partial charge in [0, 0.05) is 13.6 Å². The molecule has 0 saturated heterocycles. The Morgan fingerprint density at radius 3 is 2.29 bits per heavy atom. The Morgan fingerprint density at radius 1 is 0.893 bits per heavy atom. The molecule has 0 unspecified atom stereocenters. The molecule has 28 heavy (non-hydrogen) atoms. The predicted octanol–water partition coefficient (Wildman–Crippen LogP) is 4.62. The van der Waals surface area contributed by atoms with Gasteiger partial charge in [-0.25, -0.2) is 8.42 Å². The maximum absolute atomic E-state index is 12.9. The minimum atomic E-state index is -3.62. The summed E-state index contributed by atoms with van der Waals surface area (Å²) in [6.07, 6.45) is 0. The summed E-state index contributed by atoms with van der Waals surface area (Å²) < 4.78 is 38.2. The van der Waals surface area contributed by atoms with Gasteiger partial charge in [-0.3, -0.25) is 0 Å². The van der Waals surface area contributed by atoms with E-state index in [2.05, 4.69) is 0 Å². The van der Waals surface area contributed by atoms with Gasteiger partial charge in [0.15, 0.2) is 0 Å². The maximum Gasteiger partial charge on any atom is 0.243 e. The normalized spacial score (nSPS) is 11.4. The summed E-state index contributed by atoms with van der Waals surface area (Å²) in [5.74, 6) is 2.05. The van der Waals surface area contributed by atoms with E-state index in [1.165, 1.54) is 4.31 Å². The van der Waals surface area contributed by atoms with Gasteiger partial charge in [-0.1, -0.05) is 30.3 Å². The van der Waals surface area contributed by atoms with Crippen LogP contribution in [0.4, 0.5) is 0 Å². The van der Waals surface area contributed by atoms with Crippen molar-refractivity contribution in [3.63, 3.8) is 0 Å². The molecule has 0 aromatic heterocycles. The molecule has 5 nitrogen and oxygen atoms in total. The molecule has 0 aliphatic carbocycles. The monoisotopic (exact) mass is 397 g/mol. The quantitative estimate of drug-likeness (QED) is 0.584. The predicted molar refractivity (Wildman–Crippen MR) is 109 cm³/mol. The minimum absolute atomic E-state index is 0.236. The average molecular weight is 397 g/mol. The van der Waals surface area contributed by atoms with Crippen molar-refractivity contribution in [1.82, 2.24) is 4.31 Å². The molecule has 146 valence electrons. The van der Waals surface area contributed by atoms with Crippen LogP contribution in [0.15, 0.2) is 77.7 Å². The molecule has 3 aromatic carbocycles. The Bertz CT molecular complexity index is 1050. The van der Waals surface area contributed by atoms with E-state index >= 15 is 0 Å². The van der Waals surface area contributed by atoms with Gasteiger partial charge >= 0.3 is 0 Å². The standard InChI is InChI=1S/C22H23NO4S/c1-17-14-21(12-13-22(17)26-3)28(24,25)23(2)16-18-8-7-11-20(15-18)27-19-9-5-4-6-10-19/h4-15H,16H2,1-3H3. The summed E-state index contributed by atoms with van der Waals surface area (Å²) in [5.41, 5.74) is 1.61. The topological polar surface area (TPSA) is 55.8 Å². The van der Waals surface area contributed by atoms with Gasteiger partial charge in [0.1, 0.15) is 17.2 Å². The van der Waals surface area contributed by atoms with Gasteiger partial charge in [0.05, 0.1) is 12.0 Å². The third-order valence-electron chi connectivity index (χ3n) is 4.36. The second kappa shape index (κ2) is 8.46. The summed E-state index contributed by atoms with van der Waals surface area (Å²) in [4.78, 5) is 0.241. The highest BCUT2D eigenvalue weighted by Gasteiger charge is 2.22. The molecule has 0 saturated carbocycles. The van der Waals surface area contributed by atoms with E-state index in [-0.39, 0.29) is 11.4 Å². The molecule has 0 amide bonds. The first-order valence-electron chi connectivity index (χ1n) is 8.83. The number of rotatable bonds is 7. The summed E-state index contributed by atoms with van der Waals surface area (Å²) in [5, 5.41) is 0. The zero-order valence-electron chi connectivity index (χ0n) is 16.1. The Kier molecular flexibility index (Phi) is 6.02. The Morgan fingerprint density at radius 2 is 1.61 bits per heavy atom. The van der Waals surface area contributed by atoms with Crippen molar-refractivity contribution in [2.75, 3.05) is 14.2 Å². The number of ether oxygens (including phenoxy) is 2. The van der Waals surface area contributed by atoms with Crippen LogP contribution in [0.2, 0.25) is 0 Å². The van der Waals surface area contributed by atoms with E-state index in [1.807, 2.05) is 61.5 Å². The number of nitrogens with zero attached hydrogens (tertiary/aromatic N) is 1. The molecule has 0 fully saturated rings. The van der Waals surface area contributed by atoms with Crippen LogP contribution < -0.4 is 9.47 Å². The van der Waals surface area contributed by atoms with Crippen molar-refractivity contribution in [2.24, 2.45) is 0 Å². The van der Waals surface area contributed by atoms with Crippen LogP contribution >= 0.6 is 0 Å². The molecular formula is C22H23NO4S. The lowest BCUT2D eigenvalue weighted by atomic mass is 10.2. The molecule has 3 aromatic rings. The first kappa shape index (κ1) is 19.9. The van der Waals surface area contributed by atoms with Gasteiger partial charge in [0.25, 0.3) is 0 Å². The van der Waals surface area contributed by atoms with Crippen molar-refractivity contribution >= 4 is 10.0 Å². The largest absolute Gasteiger partial charge is 0.496 e. The van der Waals surface area contributed by atoms with E-state index in [0.717, 1.165) is 16.9 Å². The Balaban J connectivity index is 1.77. The summed E-state index contributed by atoms with van der Waals surface area (Å²) in [6, 6.07) is 21.7. The van der Waals surface area contributed by atoms with Crippen molar-refractivity contribution in [1.29, 1.82) is 0 Å². The van der Waals surface area contributed by atoms with E-state index in [1.54, 1.807) is 32.4 Å². The molecule has 0 atom stereocenters. The third-order valence-corrected chi connectivity index (χ3v) is 6.16. The van der Waals surface area contributed by atoms with Crippen molar-refractivity contribution in [3.05, 3.63) is 83.9 Å². The molecule has 0 radical (unpaired) electrons. The fraction of sp³-hybridized carbons (Fsp3) is 0.182. The van der Waals surface area contributed by atoms with Crippen LogP contribution in [0.25, 0.3) is 0 Å². The number of sulfonamides is 1. The number of hydrogen-bond acceptors (Lipinski definition) is 4. The minimum Gasteiger partial charge on any atom is -0.496 e. The van der Waals surface area contributed by atoms with Crippen LogP contribution in [0.1, 0.15) is 11.1 Å². The molecule has 6 heteroatoms. The first-order valence-corrected chi connectivity index (χ1v) is 10.3. The zero-order valence-corrected chi connectivity index (χ0v) is 16.9. The smallest absolute Gasteiger partial charge is 0.243 e. The summed E-state index contributed by atoms with van der Waals surface area (Å²) in [6.45, 7) is 2.06. The molecule has 3 rings (SSSR count). The highest BCUT2D eigenvalue weighted by Crippen LogP contribution is 2.26. The molecular weight excluding hydrogens is 374 g/mol. The van der Waals surface area contributed by atoms with E-state index in [9.17, 15) is 8.42 Å². The zero-order chi connectivity index (χ0) is 20.1. The van der Waals surface area contributed by atoms with Gasteiger partial charge < -0.3 is 9.47 Å². The van der Waals surface area contributed by atoms with Crippen LogP contribution in [0.5, 0.6) is 17.2 Å². The number of aryl methyl sites for hydroxylation is 1. The highest BCUT2D eigenvalue weighted by molar-refractivity contribution is 7.89. The fourth-order valence-electron chi connectivity index (χ4n) is 2.87. The van der Waals surface area contributed by atoms with Crippen LogP contribution in [-0.4, -0.2) is 26.9 Å². The van der Waals surface area contributed by atoms with Gasteiger partial charge in [0.2, 0.25) is 10.0 Å². The lowest BCUT2D eigenvalue weighted by molar-refractivity contribution is 0.411. The first-order chi connectivity index (χ1) is 13.4. The van der Waals surface area contributed by atoms with Gasteiger partial charge in [-0.15, -0.1) is 0 Å². The Hall–Kier alpha value is -2.83. The number of methoxy groups -OCH3 is 1. The van der Waals surface area contributed by atoms with Crippen LogP contribution in [0, 0.1) is 6.92 Å². The molecule has 0 bridgehead atoms. The summed E-state index contributed by atoms with van der Waals surface area (Å²) in [7, 11) is -0.488. The SMILES string of the molecule is COc1ccc(S(=O)(=O)N(C)Cc2cccc(Oc3ccccc3)c2)cc1C. The second-order valence-electron chi connectivity index (χ2n) is 6.46. The fourth-order valence-corrected chi connectivity index (χ4v) is 4.11. The van der Waals surface area contributed by atoms with Gasteiger partial charge in [-0.2, -0.15) is 4.31 Å². The number of para-hydroxylation sites is 1. The number of hydrogen-bond donors (Lipinski definition) is 0. The van der Waals surface area contributed by atoms with E-state index in [4.69, 9.17) is 9.47 Å². The highest BCUT2D eigenvalue weighted by atomic mass is 32.2. The van der Waals surface area contributed by atoms with Gasteiger partial charge in [-0.05, 0) is 60.5 Å². The lowest BCUT2D eigenvalue weighted by Gasteiger charge is -2.18. The van der Waals surface area contributed by atoms with Crippen molar-refractivity contribution in [3.8, 4) is 17.2 Å².